The Morgan fingerprint density at radius 1 is 1.03 bits per heavy atom. The number of hydrogen-bond donors (Lipinski definition) is 3. The Labute approximate surface area is 174 Å². The lowest BCUT2D eigenvalue weighted by molar-refractivity contribution is -0.159. The summed E-state index contributed by atoms with van der Waals surface area (Å²) in [5.74, 6) is -2.50. The van der Waals surface area contributed by atoms with Gasteiger partial charge in [0.2, 0.25) is 6.10 Å². The van der Waals surface area contributed by atoms with Gasteiger partial charge in [0.05, 0.1) is 6.26 Å². The second-order valence-corrected chi connectivity index (χ2v) is 6.75. The molecule has 0 aliphatic carbocycles. The van der Waals surface area contributed by atoms with Crippen molar-refractivity contribution in [3.8, 4) is 0 Å². The van der Waals surface area contributed by atoms with E-state index in [2.05, 4.69) is 16.0 Å². The van der Waals surface area contributed by atoms with Crippen LogP contribution in [0.15, 0.2) is 53.1 Å². The largest absolute Gasteiger partial charge is 0.459 e. The van der Waals surface area contributed by atoms with Gasteiger partial charge in [-0.25, -0.2) is 9.59 Å². The normalized spacial score (nSPS) is 12.5. The number of nitrogens with one attached hydrogen (secondary N) is 3. The van der Waals surface area contributed by atoms with Gasteiger partial charge in [0.1, 0.15) is 6.04 Å². The van der Waals surface area contributed by atoms with Gasteiger partial charge in [0.15, 0.2) is 5.76 Å². The van der Waals surface area contributed by atoms with Gasteiger partial charge in [0, 0.05) is 12.1 Å². The lowest BCUT2D eigenvalue weighted by Crippen LogP contribution is -2.47. The molecule has 0 fully saturated rings. The van der Waals surface area contributed by atoms with Gasteiger partial charge in [-0.2, -0.15) is 0 Å². The highest BCUT2D eigenvalue weighted by Crippen LogP contribution is 2.20. The fraction of sp³-hybridized carbons (Fsp3) is 0.333. The molecule has 0 saturated heterocycles. The van der Waals surface area contributed by atoms with Crippen molar-refractivity contribution in [2.24, 2.45) is 5.92 Å². The van der Waals surface area contributed by atoms with Crippen molar-refractivity contribution < 1.29 is 28.3 Å². The van der Waals surface area contributed by atoms with Gasteiger partial charge >= 0.3 is 12.0 Å². The zero-order chi connectivity index (χ0) is 22.1. The van der Waals surface area contributed by atoms with E-state index in [1.807, 2.05) is 0 Å². The Kier molecular flexibility index (Phi) is 8.16. The standard InChI is InChI=1S/C21H25N3O6/c1-4-22-21(28)24-19(26)17(14-9-6-5-7-10-14)30-20(27)16(13(2)3)23-18(25)15-11-8-12-29-15/h5-13,16-17H,4H2,1-3H3,(H,23,25)(H2,22,24,26,28)/t16-,17+/m0/s1. The van der Waals surface area contributed by atoms with Crippen LogP contribution < -0.4 is 16.0 Å². The summed E-state index contributed by atoms with van der Waals surface area (Å²) >= 11 is 0. The molecule has 1 aromatic carbocycles. The van der Waals surface area contributed by atoms with Crippen LogP contribution in [0.5, 0.6) is 0 Å². The Morgan fingerprint density at radius 3 is 2.30 bits per heavy atom. The van der Waals surface area contributed by atoms with E-state index in [4.69, 9.17) is 9.15 Å². The third kappa shape index (κ3) is 6.20. The molecule has 0 bridgehead atoms. The molecule has 0 radical (unpaired) electrons. The summed E-state index contributed by atoms with van der Waals surface area (Å²) in [6, 6.07) is 9.56. The third-order valence-corrected chi connectivity index (χ3v) is 4.10. The monoisotopic (exact) mass is 415 g/mol. The number of hydrogen-bond acceptors (Lipinski definition) is 6. The van der Waals surface area contributed by atoms with Crippen LogP contribution in [0.3, 0.4) is 0 Å². The average Bonchev–Trinajstić information content (AvgIpc) is 3.25. The molecule has 0 aliphatic rings. The summed E-state index contributed by atoms with van der Waals surface area (Å²) in [5.41, 5.74) is 0.382. The maximum absolute atomic E-state index is 12.8. The number of rotatable bonds is 8. The summed E-state index contributed by atoms with van der Waals surface area (Å²) in [5, 5.41) is 7.14. The van der Waals surface area contributed by atoms with Crippen LogP contribution in [0.1, 0.15) is 43.0 Å². The molecule has 1 heterocycles. The van der Waals surface area contributed by atoms with E-state index in [1.165, 1.54) is 12.3 Å². The van der Waals surface area contributed by atoms with E-state index in [1.54, 1.807) is 57.2 Å². The number of carbonyl (C=O) groups is 4. The summed E-state index contributed by atoms with van der Waals surface area (Å²) in [6.45, 7) is 5.47. The number of carbonyl (C=O) groups excluding carboxylic acids is 4. The summed E-state index contributed by atoms with van der Waals surface area (Å²) in [7, 11) is 0. The topological polar surface area (TPSA) is 127 Å². The maximum Gasteiger partial charge on any atom is 0.330 e. The minimum atomic E-state index is -1.37. The molecule has 2 atom stereocenters. The molecule has 0 aliphatic heterocycles. The number of imide groups is 1. The molecule has 9 heteroatoms. The SMILES string of the molecule is CCNC(=O)NC(=O)[C@H](OC(=O)[C@@H](NC(=O)c1ccco1)C(C)C)c1ccccc1. The Morgan fingerprint density at radius 2 is 1.73 bits per heavy atom. The molecule has 2 aromatic rings. The van der Waals surface area contributed by atoms with Crippen LogP contribution in [0.2, 0.25) is 0 Å². The number of urea groups is 1. The van der Waals surface area contributed by atoms with Gasteiger partial charge in [-0.05, 0) is 25.0 Å². The van der Waals surface area contributed by atoms with E-state index in [0.29, 0.717) is 12.1 Å². The molecule has 30 heavy (non-hydrogen) atoms. The fourth-order valence-corrected chi connectivity index (χ4v) is 2.59. The molecule has 9 nitrogen and oxygen atoms in total. The zero-order valence-corrected chi connectivity index (χ0v) is 17.0. The molecule has 0 unspecified atom stereocenters. The van der Waals surface area contributed by atoms with Crippen molar-refractivity contribution in [1.29, 1.82) is 0 Å². The lowest BCUT2D eigenvalue weighted by atomic mass is 10.0. The van der Waals surface area contributed by atoms with E-state index in [0.717, 1.165) is 0 Å². The smallest absolute Gasteiger partial charge is 0.330 e. The van der Waals surface area contributed by atoms with Gasteiger partial charge in [-0.3, -0.25) is 14.9 Å². The van der Waals surface area contributed by atoms with E-state index >= 15 is 0 Å². The predicted octanol–water partition coefficient (Wildman–Crippen LogP) is 2.16. The predicted molar refractivity (Wildman–Crippen MR) is 107 cm³/mol. The van der Waals surface area contributed by atoms with Gasteiger partial charge < -0.3 is 19.8 Å². The molecule has 0 spiro atoms. The average molecular weight is 415 g/mol. The van der Waals surface area contributed by atoms with Crippen LogP contribution in [-0.2, 0) is 14.3 Å². The molecule has 4 amide bonds. The quantitative estimate of drug-likeness (QED) is 0.567. The van der Waals surface area contributed by atoms with Crippen molar-refractivity contribution in [1.82, 2.24) is 16.0 Å². The third-order valence-electron chi connectivity index (χ3n) is 4.10. The molecule has 2 rings (SSSR count). The van der Waals surface area contributed by atoms with Crippen LogP contribution in [0, 0.1) is 5.92 Å². The Balaban J connectivity index is 2.19. The van der Waals surface area contributed by atoms with Gasteiger partial charge in [-0.15, -0.1) is 0 Å². The first-order chi connectivity index (χ1) is 14.3. The van der Waals surface area contributed by atoms with Gasteiger partial charge in [-0.1, -0.05) is 44.2 Å². The Hall–Kier alpha value is -3.62. The highest BCUT2D eigenvalue weighted by Gasteiger charge is 2.33. The lowest BCUT2D eigenvalue weighted by Gasteiger charge is -2.24. The first-order valence-electron chi connectivity index (χ1n) is 9.52. The van der Waals surface area contributed by atoms with E-state index in [9.17, 15) is 19.2 Å². The van der Waals surface area contributed by atoms with Crippen molar-refractivity contribution in [3.63, 3.8) is 0 Å². The summed E-state index contributed by atoms with van der Waals surface area (Å²) < 4.78 is 10.5. The summed E-state index contributed by atoms with van der Waals surface area (Å²) in [6.07, 6.45) is -0.0302. The minimum Gasteiger partial charge on any atom is -0.459 e. The molecule has 160 valence electrons. The van der Waals surface area contributed by atoms with Crippen LogP contribution in [0.4, 0.5) is 4.79 Å². The zero-order valence-electron chi connectivity index (χ0n) is 17.0. The number of furan rings is 1. The summed E-state index contributed by atoms with van der Waals surface area (Å²) in [4.78, 5) is 49.5. The van der Waals surface area contributed by atoms with Crippen LogP contribution in [-0.4, -0.2) is 36.4 Å². The van der Waals surface area contributed by atoms with E-state index in [-0.39, 0.29) is 11.7 Å². The van der Waals surface area contributed by atoms with Crippen molar-refractivity contribution in [3.05, 3.63) is 60.1 Å². The second-order valence-electron chi connectivity index (χ2n) is 6.75. The molecular formula is C21H25N3O6. The number of benzene rings is 1. The molecule has 3 N–H and O–H groups in total. The van der Waals surface area contributed by atoms with Crippen molar-refractivity contribution in [2.75, 3.05) is 6.54 Å². The van der Waals surface area contributed by atoms with E-state index < -0.39 is 36.0 Å². The van der Waals surface area contributed by atoms with Crippen LogP contribution in [0.25, 0.3) is 0 Å². The van der Waals surface area contributed by atoms with Gasteiger partial charge in [0.25, 0.3) is 11.8 Å². The first-order valence-corrected chi connectivity index (χ1v) is 9.52. The van der Waals surface area contributed by atoms with Crippen molar-refractivity contribution >= 4 is 23.8 Å². The Bertz CT molecular complexity index is 864. The number of amides is 4. The van der Waals surface area contributed by atoms with Crippen molar-refractivity contribution in [2.45, 2.75) is 32.9 Å². The first kappa shape index (κ1) is 22.7. The number of ether oxygens (including phenoxy) is 1. The highest BCUT2D eigenvalue weighted by molar-refractivity contribution is 5.98. The second kappa shape index (κ2) is 10.8. The molecule has 0 saturated carbocycles. The maximum atomic E-state index is 12.8. The fourth-order valence-electron chi connectivity index (χ4n) is 2.59. The molecule has 1 aromatic heterocycles. The number of esters is 1. The van der Waals surface area contributed by atoms with Crippen LogP contribution >= 0.6 is 0 Å². The highest BCUT2D eigenvalue weighted by atomic mass is 16.5. The minimum absolute atomic E-state index is 0.0436. The molecular weight excluding hydrogens is 390 g/mol.